The molecule has 3 rings (SSSR count). The molecule has 0 saturated heterocycles. The summed E-state index contributed by atoms with van der Waals surface area (Å²) < 4.78 is 55.1. The van der Waals surface area contributed by atoms with Gasteiger partial charge in [0.1, 0.15) is 17.3 Å². The molecular weight excluding hydrogens is 328 g/mol. The van der Waals surface area contributed by atoms with Crippen LogP contribution in [0.1, 0.15) is 0 Å². The fourth-order valence-electron chi connectivity index (χ4n) is 2.07. The summed E-state index contributed by atoms with van der Waals surface area (Å²) in [6, 6.07) is 3.30. The van der Waals surface area contributed by atoms with E-state index in [0.29, 0.717) is 12.1 Å². The van der Waals surface area contributed by atoms with E-state index in [1.807, 2.05) is 0 Å². The quantitative estimate of drug-likeness (QED) is 0.496. The Morgan fingerprint density at radius 3 is 2.19 bits per heavy atom. The summed E-state index contributed by atoms with van der Waals surface area (Å²) in [7, 11) is 0. The normalized spacial score (nSPS) is 11.3. The second kappa shape index (κ2) is 4.85. The van der Waals surface area contributed by atoms with E-state index >= 15 is 0 Å². The zero-order valence-electron chi connectivity index (χ0n) is 10.1. The van der Waals surface area contributed by atoms with Crippen molar-refractivity contribution in [2.24, 2.45) is 0 Å². The van der Waals surface area contributed by atoms with Crippen LogP contribution >= 0.6 is 23.8 Å². The Hall–Kier alpha value is -1.86. The highest BCUT2D eigenvalue weighted by atomic mass is 35.5. The molecule has 0 bridgehead atoms. The van der Waals surface area contributed by atoms with Crippen molar-refractivity contribution in [1.29, 1.82) is 0 Å². The third-order valence-corrected chi connectivity index (χ3v) is 3.50. The molecule has 1 heterocycles. The minimum Gasteiger partial charge on any atom is -0.330 e. The molecule has 108 valence electrons. The monoisotopic (exact) mass is 332 g/mol. The van der Waals surface area contributed by atoms with E-state index in [2.05, 4.69) is 4.98 Å². The molecule has 2 nitrogen and oxygen atoms in total. The van der Waals surface area contributed by atoms with Crippen LogP contribution in [0.2, 0.25) is 5.02 Å². The third kappa shape index (κ3) is 2.22. The van der Waals surface area contributed by atoms with Gasteiger partial charge in [0, 0.05) is 18.2 Å². The topological polar surface area (TPSA) is 20.7 Å². The van der Waals surface area contributed by atoms with Gasteiger partial charge in [-0.05, 0) is 18.3 Å². The number of nitrogens with zero attached hydrogens (tertiary/aromatic N) is 1. The average Bonchev–Trinajstić information content (AvgIpc) is 2.66. The molecule has 0 unspecified atom stereocenters. The number of halogens is 5. The van der Waals surface area contributed by atoms with E-state index in [9.17, 15) is 17.6 Å². The average molecular weight is 333 g/mol. The summed E-state index contributed by atoms with van der Waals surface area (Å²) >= 11 is 10.7. The molecular formula is C13H5ClF4N2S. The largest absolute Gasteiger partial charge is 0.330 e. The van der Waals surface area contributed by atoms with Gasteiger partial charge in [-0.15, -0.1) is 0 Å². The van der Waals surface area contributed by atoms with Gasteiger partial charge < -0.3 is 4.98 Å². The van der Waals surface area contributed by atoms with Crippen molar-refractivity contribution in [2.75, 3.05) is 0 Å². The minimum absolute atomic E-state index is 0.0731. The molecule has 0 aliphatic rings. The van der Waals surface area contributed by atoms with Crippen molar-refractivity contribution in [3.05, 3.63) is 57.3 Å². The summed E-state index contributed by atoms with van der Waals surface area (Å²) in [4.78, 5) is 2.61. The van der Waals surface area contributed by atoms with Crippen molar-refractivity contribution >= 4 is 34.9 Å². The lowest BCUT2D eigenvalue weighted by Crippen LogP contribution is -2.02. The third-order valence-electron chi connectivity index (χ3n) is 2.93. The first-order valence-corrected chi connectivity index (χ1v) is 6.42. The van der Waals surface area contributed by atoms with Crippen LogP contribution in [-0.4, -0.2) is 9.55 Å². The maximum atomic E-state index is 13.9. The van der Waals surface area contributed by atoms with Gasteiger partial charge >= 0.3 is 0 Å². The molecule has 1 aromatic heterocycles. The number of nitrogens with one attached hydrogen (secondary N) is 1. The van der Waals surface area contributed by atoms with Crippen LogP contribution in [0, 0.1) is 28.0 Å². The summed E-state index contributed by atoms with van der Waals surface area (Å²) in [6.45, 7) is 0. The number of hydrogen-bond donors (Lipinski definition) is 1. The number of H-pyrrole nitrogens is 1. The molecule has 0 fully saturated rings. The number of rotatable bonds is 1. The van der Waals surface area contributed by atoms with Gasteiger partial charge in [-0.25, -0.2) is 17.6 Å². The lowest BCUT2D eigenvalue weighted by atomic mass is 10.2. The Bertz CT molecular complexity index is 909. The number of aromatic nitrogens is 2. The van der Waals surface area contributed by atoms with Crippen LogP contribution in [0.5, 0.6) is 0 Å². The summed E-state index contributed by atoms with van der Waals surface area (Å²) in [6.07, 6.45) is 0. The Balaban J connectivity index is 2.44. The molecule has 2 aromatic carbocycles. The van der Waals surface area contributed by atoms with E-state index in [-0.39, 0.29) is 20.8 Å². The highest BCUT2D eigenvalue weighted by Crippen LogP contribution is 2.28. The summed E-state index contributed by atoms with van der Waals surface area (Å²) in [5.74, 6) is -4.02. The predicted molar refractivity (Wildman–Crippen MR) is 73.3 cm³/mol. The van der Waals surface area contributed by atoms with Crippen LogP contribution in [-0.2, 0) is 0 Å². The lowest BCUT2D eigenvalue weighted by Gasteiger charge is -2.08. The Labute approximate surface area is 125 Å². The van der Waals surface area contributed by atoms with E-state index in [1.54, 1.807) is 0 Å². The number of fused-ring (bicyclic) bond motifs is 1. The van der Waals surface area contributed by atoms with Crippen molar-refractivity contribution in [3.63, 3.8) is 0 Å². The molecule has 1 N–H and O–H groups in total. The van der Waals surface area contributed by atoms with Gasteiger partial charge in [0.05, 0.1) is 16.1 Å². The molecule has 0 amide bonds. The molecule has 8 heteroatoms. The zero-order chi connectivity index (χ0) is 15.3. The molecule has 0 radical (unpaired) electrons. The number of benzene rings is 2. The second-order valence-electron chi connectivity index (χ2n) is 4.27. The van der Waals surface area contributed by atoms with Gasteiger partial charge in [0.2, 0.25) is 0 Å². The Kier molecular flexibility index (Phi) is 3.26. The molecule has 0 aliphatic carbocycles. The molecule has 0 saturated carbocycles. The predicted octanol–water partition coefficient (Wildman–Crippen LogP) is 4.90. The molecule has 0 atom stereocenters. The minimum atomic E-state index is -1.13. The number of hydrogen-bond acceptors (Lipinski definition) is 1. The molecule has 3 aromatic rings. The fourth-order valence-corrected chi connectivity index (χ4v) is 2.53. The van der Waals surface area contributed by atoms with Crippen molar-refractivity contribution < 1.29 is 17.6 Å². The molecule has 0 aliphatic heterocycles. The first-order valence-electron chi connectivity index (χ1n) is 5.63. The van der Waals surface area contributed by atoms with Gasteiger partial charge in [0.25, 0.3) is 0 Å². The van der Waals surface area contributed by atoms with Crippen LogP contribution in [0.15, 0.2) is 24.3 Å². The SMILES string of the molecule is Fc1cc(F)c(-n2c(=S)[nH]c3cc(F)c(Cl)cc32)c(F)c1. The van der Waals surface area contributed by atoms with E-state index in [4.69, 9.17) is 23.8 Å². The Morgan fingerprint density at radius 2 is 1.57 bits per heavy atom. The van der Waals surface area contributed by atoms with Gasteiger partial charge in [0.15, 0.2) is 16.4 Å². The zero-order valence-corrected chi connectivity index (χ0v) is 11.6. The smallest absolute Gasteiger partial charge is 0.182 e. The van der Waals surface area contributed by atoms with Crippen molar-refractivity contribution in [1.82, 2.24) is 9.55 Å². The highest BCUT2D eigenvalue weighted by molar-refractivity contribution is 7.71. The molecule has 0 spiro atoms. The van der Waals surface area contributed by atoms with E-state index in [0.717, 1.165) is 10.6 Å². The maximum Gasteiger partial charge on any atom is 0.182 e. The van der Waals surface area contributed by atoms with Crippen LogP contribution in [0.25, 0.3) is 16.7 Å². The number of imidazole rings is 1. The lowest BCUT2D eigenvalue weighted by molar-refractivity contribution is 0.535. The van der Waals surface area contributed by atoms with Crippen LogP contribution in [0.3, 0.4) is 0 Å². The summed E-state index contributed by atoms with van der Waals surface area (Å²) in [5, 5.41) is -0.229. The van der Waals surface area contributed by atoms with Gasteiger partial charge in [-0.3, -0.25) is 4.57 Å². The summed E-state index contributed by atoms with van der Waals surface area (Å²) in [5.41, 5.74) is -0.170. The highest BCUT2D eigenvalue weighted by Gasteiger charge is 2.18. The van der Waals surface area contributed by atoms with Gasteiger partial charge in [-0.1, -0.05) is 11.6 Å². The number of aromatic amines is 1. The molecule has 21 heavy (non-hydrogen) atoms. The van der Waals surface area contributed by atoms with Gasteiger partial charge in [-0.2, -0.15) is 0 Å². The van der Waals surface area contributed by atoms with Crippen LogP contribution in [0.4, 0.5) is 17.6 Å². The van der Waals surface area contributed by atoms with Crippen molar-refractivity contribution in [3.8, 4) is 5.69 Å². The first-order chi connectivity index (χ1) is 9.88. The van der Waals surface area contributed by atoms with Crippen LogP contribution < -0.4 is 0 Å². The Morgan fingerprint density at radius 1 is 0.952 bits per heavy atom. The fraction of sp³-hybridized carbons (Fsp3) is 0. The first kappa shape index (κ1) is 14.1. The van der Waals surface area contributed by atoms with E-state index in [1.165, 1.54) is 6.07 Å². The second-order valence-corrected chi connectivity index (χ2v) is 5.06. The van der Waals surface area contributed by atoms with E-state index < -0.39 is 29.0 Å². The standard InChI is InChI=1S/C13H5ClF4N2S/c14-6-3-11-10(4-7(6)16)19-13(21)20(11)12-8(17)1-5(15)2-9(12)18/h1-4H,(H,19,21). The maximum absolute atomic E-state index is 13.9. The van der Waals surface area contributed by atoms with Crippen molar-refractivity contribution in [2.45, 2.75) is 0 Å².